The highest BCUT2D eigenvalue weighted by Crippen LogP contribution is 2.30. The van der Waals surface area contributed by atoms with Crippen molar-refractivity contribution in [3.05, 3.63) is 51.5 Å². The predicted octanol–water partition coefficient (Wildman–Crippen LogP) is 4.94. The van der Waals surface area contributed by atoms with Gasteiger partial charge in [-0.1, -0.05) is 29.3 Å². The summed E-state index contributed by atoms with van der Waals surface area (Å²) in [4.78, 5) is 0. The van der Waals surface area contributed by atoms with Crippen molar-refractivity contribution in [2.45, 2.75) is 13.8 Å². The lowest BCUT2D eigenvalue weighted by Crippen LogP contribution is -1.97. The zero-order chi connectivity index (χ0) is 13.3. The minimum atomic E-state index is 0.544. The Balaban J connectivity index is 2.40. The van der Waals surface area contributed by atoms with E-state index in [1.165, 1.54) is 0 Å². The number of rotatable bonds is 2. The number of nitrogens with one attached hydrogen (secondary N) is 1. The van der Waals surface area contributed by atoms with Crippen molar-refractivity contribution in [3.8, 4) is 0 Å². The van der Waals surface area contributed by atoms with Crippen LogP contribution in [0.4, 0.5) is 17.1 Å². The number of nitrogen functional groups attached to an aromatic ring is 1. The minimum Gasteiger partial charge on any atom is -0.398 e. The quantitative estimate of drug-likeness (QED) is 0.765. The second kappa shape index (κ2) is 5.09. The highest BCUT2D eigenvalue weighted by molar-refractivity contribution is 6.33. The molecule has 0 amide bonds. The summed E-state index contributed by atoms with van der Waals surface area (Å²) in [7, 11) is 0. The Morgan fingerprint density at radius 3 is 2.33 bits per heavy atom. The summed E-state index contributed by atoms with van der Waals surface area (Å²) in [6.45, 7) is 4.00. The zero-order valence-electron chi connectivity index (χ0n) is 10.2. The molecule has 2 nitrogen and oxygen atoms in total. The molecule has 0 heterocycles. The Labute approximate surface area is 117 Å². The van der Waals surface area contributed by atoms with Crippen LogP contribution in [0.2, 0.25) is 10.0 Å². The summed E-state index contributed by atoms with van der Waals surface area (Å²) in [6, 6.07) is 9.40. The molecule has 0 spiro atoms. The molecule has 0 aromatic heterocycles. The van der Waals surface area contributed by atoms with Crippen LogP contribution in [0.3, 0.4) is 0 Å². The third-order valence-corrected chi connectivity index (χ3v) is 3.38. The highest BCUT2D eigenvalue weighted by atomic mass is 35.5. The number of hydrogen-bond donors (Lipinski definition) is 2. The van der Waals surface area contributed by atoms with Crippen molar-refractivity contribution < 1.29 is 0 Å². The molecule has 4 heteroatoms. The molecular weight excluding hydrogens is 267 g/mol. The van der Waals surface area contributed by atoms with Gasteiger partial charge in [-0.25, -0.2) is 0 Å². The molecule has 3 N–H and O–H groups in total. The summed E-state index contributed by atoms with van der Waals surface area (Å²) in [5.41, 5.74) is 10.4. The second-order valence-electron chi connectivity index (χ2n) is 4.27. The Morgan fingerprint density at radius 1 is 0.944 bits per heavy atom. The fourth-order valence-electron chi connectivity index (χ4n) is 1.71. The van der Waals surface area contributed by atoms with E-state index in [4.69, 9.17) is 28.9 Å². The van der Waals surface area contributed by atoms with Crippen LogP contribution >= 0.6 is 23.2 Å². The molecule has 0 bridgehead atoms. The SMILES string of the molecule is Cc1ccc(Cl)cc1Nc1cc(Cl)c(N)cc1C. The van der Waals surface area contributed by atoms with E-state index in [-0.39, 0.29) is 0 Å². The normalized spacial score (nSPS) is 10.4. The molecule has 0 aliphatic rings. The summed E-state index contributed by atoms with van der Waals surface area (Å²) >= 11 is 12.0. The van der Waals surface area contributed by atoms with E-state index in [1.807, 2.05) is 44.2 Å². The van der Waals surface area contributed by atoms with Gasteiger partial charge in [0.2, 0.25) is 0 Å². The molecule has 0 unspecified atom stereocenters. The van der Waals surface area contributed by atoms with Crippen molar-refractivity contribution >= 4 is 40.3 Å². The van der Waals surface area contributed by atoms with Gasteiger partial charge in [-0.3, -0.25) is 0 Å². The first-order valence-electron chi connectivity index (χ1n) is 5.56. The average molecular weight is 281 g/mol. The van der Waals surface area contributed by atoms with Crippen molar-refractivity contribution in [2.75, 3.05) is 11.1 Å². The van der Waals surface area contributed by atoms with Gasteiger partial charge in [0.25, 0.3) is 0 Å². The summed E-state index contributed by atoms with van der Waals surface area (Å²) in [6.07, 6.45) is 0. The van der Waals surface area contributed by atoms with Crippen LogP contribution in [-0.4, -0.2) is 0 Å². The molecule has 0 aliphatic carbocycles. The standard InChI is InChI=1S/C14H14Cl2N2/c1-8-3-4-10(15)6-13(8)18-14-7-11(16)12(17)5-9(14)2/h3-7,18H,17H2,1-2H3. The van der Waals surface area contributed by atoms with Crippen LogP contribution in [0, 0.1) is 13.8 Å². The first kappa shape index (κ1) is 13.1. The highest BCUT2D eigenvalue weighted by Gasteiger charge is 2.06. The van der Waals surface area contributed by atoms with Gasteiger partial charge in [0.15, 0.2) is 0 Å². The molecule has 0 saturated carbocycles. The molecule has 0 saturated heterocycles. The molecule has 18 heavy (non-hydrogen) atoms. The molecule has 94 valence electrons. The predicted molar refractivity (Wildman–Crippen MR) is 80.1 cm³/mol. The van der Waals surface area contributed by atoms with Gasteiger partial charge in [-0.15, -0.1) is 0 Å². The van der Waals surface area contributed by atoms with Crippen LogP contribution in [0.5, 0.6) is 0 Å². The summed E-state index contributed by atoms with van der Waals surface area (Å²) in [5.74, 6) is 0. The Bertz CT molecular complexity index is 595. The third kappa shape index (κ3) is 2.71. The van der Waals surface area contributed by atoms with Crippen LogP contribution in [0.1, 0.15) is 11.1 Å². The maximum atomic E-state index is 6.03. The van der Waals surface area contributed by atoms with E-state index in [1.54, 1.807) is 0 Å². The van der Waals surface area contributed by atoms with E-state index in [0.717, 1.165) is 22.5 Å². The molecule has 0 radical (unpaired) electrons. The number of aryl methyl sites for hydroxylation is 2. The maximum absolute atomic E-state index is 6.03. The Morgan fingerprint density at radius 2 is 1.61 bits per heavy atom. The Hall–Kier alpha value is -1.38. The smallest absolute Gasteiger partial charge is 0.0656 e. The first-order chi connectivity index (χ1) is 8.47. The third-order valence-electron chi connectivity index (χ3n) is 2.81. The maximum Gasteiger partial charge on any atom is 0.0656 e. The van der Waals surface area contributed by atoms with Crippen molar-refractivity contribution in [3.63, 3.8) is 0 Å². The van der Waals surface area contributed by atoms with E-state index < -0.39 is 0 Å². The fourth-order valence-corrected chi connectivity index (χ4v) is 2.05. The van der Waals surface area contributed by atoms with Crippen molar-refractivity contribution in [2.24, 2.45) is 0 Å². The van der Waals surface area contributed by atoms with Crippen LogP contribution in [0.25, 0.3) is 0 Å². The fraction of sp³-hybridized carbons (Fsp3) is 0.143. The molecule has 0 atom stereocenters. The van der Waals surface area contributed by atoms with Gasteiger partial charge in [0.1, 0.15) is 0 Å². The molecule has 2 rings (SSSR count). The monoisotopic (exact) mass is 280 g/mol. The van der Waals surface area contributed by atoms with Gasteiger partial charge in [-0.2, -0.15) is 0 Å². The number of halogens is 2. The van der Waals surface area contributed by atoms with Crippen LogP contribution in [0.15, 0.2) is 30.3 Å². The van der Waals surface area contributed by atoms with Crippen LogP contribution in [-0.2, 0) is 0 Å². The molecule has 2 aromatic carbocycles. The molecule has 2 aromatic rings. The van der Waals surface area contributed by atoms with Gasteiger partial charge in [0, 0.05) is 16.4 Å². The van der Waals surface area contributed by atoms with E-state index >= 15 is 0 Å². The lowest BCUT2D eigenvalue weighted by atomic mass is 10.1. The lowest BCUT2D eigenvalue weighted by Gasteiger charge is -2.13. The molecule has 0 fully saturated rings. The van der Waals surface area contributed by atoms with Crippen molar-refractivity contribution in [1.82, 2.24) is 0 Å². The lowest BCUT2D eigenvalue weighted by molar-refractivity contribution is 1.39. The largest absolute Gasteiger partial charge is 0.398 e. The zero-order valence-corrected chi connectivity index (χ0v) is 11.7. The number of hydrogen-bond acceptors (Lipinski definition) is 2. The molecule has 0 aliphatic heterocycles. The Kier molecular flexibility index (Phi) is 3.69. The van der Waals surface area contributed by atoms with Gasteiger partial charge < -0.3 is 11.1 Å². The van der Waals surface area contributed by atoms with E-state index in [9.17, 15) is 0 Å². The second-order valence-corrected chi connectivity index (χ2v) is 5.12. The van der Waals surface area contributed by atoms with E-state index in [0.29, 0.717) is 15.7 Å². The summed E-state index contributed by atoms with van der Waals surface area (Å²) in [5, 5.41) is 4.57. The van der Waals surface area contributed by atoms with Crippen LogP contribution < -0.4 is 11.1 Å². The number of nitrogens with two attached hydrogens (primary N) is 1. The van der Waals surface area contributed by atoms with E-state index in [2.05, 4.69) is 5.32 Å². The topological polar surface area (TPSA) is 38.0 Å². The van der Waals surface area contributed by atoms with Gasteiger partial charge in [0.05, 0.1) is 10.7 Å². The van der Waals surface area contributed by atoms with Crippen molar-refractivity contribution in [1.29, 1.82) is 0 Å². The van der Waals surface area contributed by atoms with Gasteiger partial charge >= 0.3 is 0 Å². The number of benzene rings is 2. The minimum absolute atomic E-state index is 0.544. The average Bonchev–Trinajstić information content (AvgIpc) is 2.30. The first-order valence-corrected chi connectivity index (χ1v) is 6.32. The number of anilines is 3. The molecular formula is C14H14Cl2N2. The summed E-state index contributed by atoms with van der Waals surface area (Å²) < 4.78 is 0. The van der Waals surface area contributed by atoms with Gasteiger partial charge in [-0.05, 0) is 49.2 Å².